The van der Waals surface area contributed by atoms with Gasteiger partial charge in [-0.15, -0.1) is 0 Å². The Morgan fingerprint density at radius 3 is 2.06 bits per heavy atom. The van der Waals surface area contributed by atoms with Gasteiger partial charge in [0.2, 0.25) is 11.8 Å². The van der Waals surface area contributed by atoms with Gasteiger partial charge in [0.15, 0.2) is 0 Å². The lowest BCUT2D eigenvalue weighted by Gasteiger charge is -2.32. The topological polar surface area (TPSA) is 58.6 Å². The van der Waals surface area contributed by atoms with Crippen molar-refractivity contribution in [3.8, 4) is 0 Å². The number of hydrogen-bond acceptors (Lipinski definition) is 3. The fraction of sp³-hybridized carbons (Fsp3) is 0.259. The Morgan fingerprint density at radius 1 is 0.882 bits per heavy atom. The fourth-order valence-electron chi connectivity index (χ4n) is 3.62. The van der Waals surface area contributed by atoms with Gasteiger partial charge in [-0.05, 0) is 47.4 Å². The normalized spacial score (nSPS) is 11.6. The van der Waals surface area contributed by atoms with Crippen LogP contribution < -0.4 is 5.32 Å². The minimum absolute atomic E-state index is 0.144. The first kappa shape index (κ1) is 25.8. The molecule has 0 fully saturated rings. The summed E-state index contributed by atoms with van der Waals surface area (Å²) in [6.45, 7) is 1.26. The highest BCUT2D eigenvalue weighted by molar-refractivity contribution is 6.30. The van der Waals surface area contributed by atoms with Crippen molar-refractivity contribution in [3.63, 3.8) is 0 Å². The largest absolute Gasteiger partial charge is 0.385 e. The standard InChI is InChI=1S/C27H28Cl2N2O3/c1-34-17-5-16-30-27(33)26(22-6-3-2-4-7-22)31(19-21-10-14-24(29)15-11-21)25(32)18-20-8-12-23(28)13-9-20/h2-4,6-15,26H,5,16-19H2,1H3,(H,30,33)/t26-/m1/s1. The number of nitrogens with zero attached hydrogens (tertiary/aromatic N) is 1. The molecular formula is C27H28Cl2N2O3. The number of halogens is 2. The number of carbonyl (C=O) groups excluding carboxylic acids is 2. The van der Waals surface area contributed by atoms with Gasteiger partial charge in [-0.3, -0.25) is 9.59 Å². The predicted octanol–water partition coefficient (Wildman–Crippen LogP) is 5.46. The van der Waals surface area contributed by atoms with E-state index in [0.29, 0.717) is 29.6 Å². The van der Waals surface area contributed by atoms with Gasteiger partial charge in [0.25, 0.3) is 0 Å². The lowest BCUT2D eigenvalue weighted by atomic mass is 10.0. The highest BCUT2D eigenvalue weighted by Crippen LogP contribution is 2.25. The Kier molecular flexibility index (Phi) is 9.95. The van der Waals surface area contributed by atoms with Crippen molar-refractivity contribution in [3.05, 3.63) is 106 Å². The molecule has 0 saturated heterocycles. The molecule has 7 heteroatoms. The van der Waals surface area contributed by atoms with E-state index in [1.165, 1.54) is 0 Å². The molecule has 3 rings (SSSR count). The van der Waals surface area contributed by atoms with Crippen LogP contribution in [0, 0.1) is 0 Å². The maximum absolute atomic E-state index is 13.6. The number of rotatable bonds is 11. The van der Waals surface area contributed by atoms with Crippen LogP contribution in [0.5, 0.6) is 0 Å². The second-order valence-electron chi connectivity index (χ2n) is 7.90. The summed E-state index contributed by atoms with van der Waals surface area (Å²) in [6.07, 6.45) is 0.824. The van der Waals surface area contributed by atoms with Crippen molar-refractivity contribution in [2.75, 3.05) is 20.3 Å². The molecule has 3 aromatic carbocycles. The Balaban J connectivity index is 1.93. The maximum Gasteiger partial charge on any atom is 0.247 e. The van der Waals surface area contributed by atoms with E-state index >= 15 is 0 Å². The van der Waals surface area contributed by atoms with E-state index in [4.69, 9.17) is 27.9 Å². The highest BCUT2D eigenvalue weighted by atomic mass is 35.5. The SMILES string of the molecule is COCCCNC(=O)[C@@H](c1ccccc1)N(Cc1ccc(Cl)cc1)C(=O)Cc1ccc(Cl)cc1. The Labute approximate surface area is 210 Å². The Hall–Kier alpha value is -2.86. The molecular weight excluding hydrogens is 471 g/mol. The van der Waals surface area contributed by atoms with Crippen LogP contribution in [-0.2, 0) is 27.3 Å². The molecule has 0 radical (unpaired) electrons. The van der Waals surface area contributed by atoms with Gasteiger partial charge in [0, 0.05) is 36.9 Å². The van der Waals surface area contributed by atoms with E-state index in [1.807, 2.05) is 54.6 Å². The smallest absolute Gasteiger partial charge is 0.247 e. The van der Waals surface area contributed by atoms with Crippen LogP contribution in [0.1, 0.15) is 29.2 Å². The Morgan fingerprint density at radius 2 is 1.47 bits per heavy atom. The second kappa shape index (κ2) is 13.1. The third-order valence-electron chi connectivity index (χ3n) is 5.35. The first-order valence-electron chi connectivity index (χ1n) is 11.1. The maximum atomic E-state index is 13.6. The first-order chi connectivity index (χ1) is 16.5. The minimum Gasteiger partial charge on any atom is -0.385 e. The predicted molar refractivity (Wildman–Crippen MR) is 136 cm³/mol. The number of ether oxygens (including phenoxy) is 1. The van der Waals surface area contributed by atoms with Gasteiger partial charge >= 0.3 is 0 Å². The molecule has 1 atom stereocenters. The summed E-state index contributed by atoms with van der Waals surface area (Å²) in [5.41, 5.74) is 2.44. The molecule has 0 aliphatic heterocycles. The van der Waals surface area contributed by atoms with Crippen LogP contribution in [0.15, 0.2) is 78.9 Å². The van der Waals surface area contributed by atoms with Gasteiger partial charge in [-0.2, -0.15) is 0 Å². The zero-order valence-electron chi connectivity index (χ0n) is 19.0. The number of benzene rings is 3. The first-order valence-corrected chi connectivity index (χ1v) is 11.8. The molecule has 1 N–H and O–H groups in total. The van der Waals surface area contributed by atoms with Crippen LogP contribution in [0.25, 0.3) is 0 Å². The van der Waals surface area contributed by atoms with Crippen molar-refractivity contribution in [1.82, 2.24) is 10.2 Å². The molecule has 34 heavy (non-hydrogen) atoms. The van der Waals surface area contributed by atoms with E-state index in [0.717, 1.165) is 16.7 Å². The molecule has 0 heterocycles. The molecule has 0 unspecified atom stereocenters. The lowest BCUT2D eigenvalue weighted by Crippen LogP contribution is -2.44. The number of carbonyl (C=O) groups is 2. The zero-order valence-corrected chi connectivity index (χ0v) is 20.6. The molecule has 0 spiro atoms. The lowest BCUT2D eigenvalue weighted by molar-refractivity contribution is -0.141. The van der Waals surface area contributed by atoms with Gasteiger partial charge in [-0.25, -0.2) is 0 Å². The van der Waals surface area contributed by atoms with Crippen molar-refractivity contribution in [1.29, 1.82) is 0 Å². The van der Waals surface area contributed by atoms with Crippen LogP contribution in [0.2, 0.25) is 10.0 Å². The summed E-state index contributed by atoms with van der Waals surface area (Å²) in [6, 6.07) is 23.0. The van der Waals surface area contributed by atoms with E-state index in [9.17, 15) is 9.59 Å². The quantitative estimate of drug-likeness (QED) is 0.357. The van der Waals surface area contributed by atoms with Crippen LogP contribution in [0.4, 0.5) is 0 Å². The van der Waals surface area contributed by atoms with Gasteiger partial charge in [-0.1, -0.05) is 77.8 Å². The summed E-state index contributed by atoms with van der Waals surface area (Å²) in [4.78, 5) is 28.7. The van der Waals surface area contributed by atoms with E-state index < -0.39 is 6.04 Å². The molecule has 0 aliphatic rings. The summed E-state index contributed by atoms with van der Waals surface area (Å²) >= 11 is 12.1. The highest BCUT2D eigenvalue weighted by Gasteiger charge is 2.31. The molecule has 2 amide bonds. The molecule has 0 aliphatic carbocycles. The van der Waals surface area contributed by atoms with Crippen molar-refractivity contribution in [2.24, 2.45) is 0 Å². The fourth-order valence-corrected chi connectivity index (χ4v) is 3.87. The van der Waals surface area contributed by atoms with E-state index in [-0.39, 0.29) is 24.8 Å². The van der Waals surface area contributed by atoms with Gasteiger partial charge < -0.3 is 15.0 Å². The summed E-state index contributed by atoms with van der Waals surface area (Å²) in [5, 5.41) is 4.18. The van der Waals surface area contributed by atoms with Crippen molar-refractivity contribution < 1.29 is 14.3 Å². The average molecular weight is 499 g/mol. The van der Waals surface area contributed by atoms with Gasteiger partial charge in [0.05, 0.1) is 6.42 Å². The molecule has 5 nitrogen and oxygen atoms in total. The number of nitrogens with one attached hydrogen (secondary N) is 1. The number of methoxy groups -OCH3 is 1. The Bertz CT molecular complexity index is 1060. The van der Waals surface area contributed by atoms with Crippen LogP contribution >= 0.6 is 23.2 Å². The second-order valence-corrected chi connectivity index (χ2v) is 8.77. The summed E-state index contributed by atoms with van der Waals surface area (Å²) in [7, 11) is 1.62. The molecule has 0 aromatic heterocycles. The molecule has 3 aromatic rings. The van der Waals surface area contributed by atoms with Crippen molar-refractivity contribution in [2.45, 2.75) is 25.4 Å². The molecule has 178 valence electrons. The van der Waals surface area contributed by atoms with E-state index in [2.05, 4.69) is 5.32 Å². The zero-order chi connectivity index (χ0) is 24.3. The third kappa shape index (κ3) is 7.59. The minimum atomic E-state index is -0.792. The van der Waals surface area contributed by atoms with Crippen LogP contribution in [-0.4, -0.2) is 37.0 Å². The van der Waals surface area contributed by atoms with Crippen LogP contribution in [0.3, 0.4) is 0 Å². The van der Waals surface area contributed by atoms with Crippen molar-refractivity contribution >= 4 is 35.0 Å². The number of hydrogen-bond donors (Lipinski definition) is 1. The molecule has 0 saturated carbocycles. The number of amides is 2. The summed E-state index contributed by atoms with van der Waals surface area (Å²) in [5.74, 6) is -0.404. The summed E-state index contributed by atoms with van der Waals surface area (Å²) < 4.78 is 5.08. The molecule has 0 bridgehead atoms. The monoisotopic (exact) mass is 498 g/mol. The van der Waals surface area contributed by atoms with Gasteiger partial charge in [0.1, 0.15) is 6.04 Å². The van der Waals surface area contributed by atoms with E-state index in [1.54, 1.807) is 36.3 Å². The third-order valence-corrected chi connectivity index (χ3v) is 5.86. The average Bonchev–Trinajstić information content (AvgIpc) is 2.85.